The number of aromatic nitrogens is 2. The summed E-state index contributed by atoms with van der Waals surface area (Å²) < 4.78 is 0.684. The van der Waals surface area contributed by atoms with Crippen LogP contribution in [-0.4, -0.2) is 9.97 Å². The van der Waals surface area contributed by atoms with E-state index in [-0.39, 0.29) is 5.41 Å². The van der Waals surface area contributed by atoms with Crippen molar-refractivity contribution in [2.75, 3.05) is 0 Å². The van der Waals surface area contributed by atoms with Gasteiger partial charge in [-0.25, -0.2) is 4.98 Å². The average molecular weight is 286 g/mol. The molecule has 0 atom stereocenters. The predicted octanol–water partition coefficient (Wildman–Crippen LogP) is 4.97. The Balaban J connectivity index is 2.60. The lowest BCUT2D eigenvalue weighted by molar-refractivity contribution is 0.544. The van der Waals surface area contributed by atoms with Gasteiger partial charge in [0.2, 0.25) is 0 Å². The lowest BCUT2D eigenvalue weighted by Gasteiger charge is -2.20. The van der Waals surface area contributed by atoms with Crippen molar-refractivity contribution in [1.29, 1.82) is 0 Å². The minimum absolute atomic E-state index is 0.0423. The van der Waals surface area contributed by atoms with Gasteiger partial charge in [-0.2, -0.15) is 0 Å². The van der Waals surface area contributed by atoms with Crippen LogP contribution in [0.5, 0.6) is 0 Å². The van der Waals surface area contributed by atoms with Crippen LogP contribution in [0.25, 0.3) is 11.3 Å². The Labute approximate surface area is 126 Å². The molecule has 0 aliphatic heterocycles. The van der Waals surface area contributed by atoms with Gasteiger partial charge in [0.1, 0.15) is 10.5 Å². The predicted molar refractivity (Wildman–Crippen MR) is 87.7 cm³/mol. The van der Waals surface area contributed by atoms with E-state index in [4.69, 9.17) is 12.2 Å². The SMILES string of the molecule is CCc1ccc(-c2[nH]c(C(C)(C)C)nc(=S)c2C)cc1. The summed E-state index contributed by atoms with van der Waals surface area (Å²) in [7, 11) is 0. The van der Waals surface area contributed by atoms with Gasteiger partial charge in [0.15, 0.2) is 0 Å². The summed E-state index contributed by atoms with van der Waals surface area (Å²) in [5.74, 6) is 0.933. The van der Waals surface area contributed by atoms with E-state index < -0.39 is 0 Å². The van der Waals surface area contributed by atoms with Crippen molar-refractivity contribution in [1.82, 2.24) is 9.97 Å². The molecule has 1 aromatic heterocycles. The highest BCUT2D eigenvalue weighted by molar-refractivity contribution is 7.71. The third-order valence-electron chi connectivity index (χ3n) is 3.51. The van der Waals surface area contributed by atoms with E-state index in [0.717, 1.165) is 23.5 Å². The molecular weight excluding hydrogens is 264 g/mol. The molecule has 0 saturated heterocycles. The molecule has 0 aliphatic rings. The summed E-state index contributed by atoms with van der Waals surface area (Å²) in [5, 5.41) is 0. The van der Waals surface area contributed by atoms with E-state index in [1.54, 1.807) is 0 Å². The second-order valence-corrected chi connectivity index (χ2v) is 6.58. The van der Waals surface area contributed by atoms with E-state index in [2.05, 4.69) is 61.9 Å². The van der Waals surface area contributed by atoms with Crippen LogP contribution in [0, 0.1) is 11.6 Å². The first-order valence-electron chi connectivity index (χ1n) is 7.03. The Morgan fingerprint density at radius 2 is 1.75 bits per heavy atom. The Bertz CT molecular complexity index is 661. The van der Waals surface area contributed by atoms with Crippen molar-refractivity contribution in [3.05, 3.63) is 45.9 Å². The van der Waals surface area contributed by atoms with Crippen molar-refractivity contribution in [2.24, 2.45) is 0 Å². The maximum Gasteiger partial charge on any atom is 0.133 e. The molecule has 0 aliphatic carbocycles. The number of H-pyrrole nitrogens is 1. The van der Waals surface area contributed by atoms with Crippen LogP contribution >= 0.6 is 12.2 Å². The molecular formula is C17H22N2S. The first kappa shape index (κ1) is 14.9. The molecule has 1 heterocycles. The fraction of sp³-hybridized carbons (Fsp3) is 0.412. The van der Waals surface area contributed by atoms with Gasteiger partial charge in [0, 0.05) is 11.0 Å². The quantitative estimate of drug-likeness (QED) is 0.789. The smallest absolute Gasteiger partial charge is 0.133 e. The second kappa shape index (κ2) is 5.49. The molecule has 0 amide bonds. The van der Waals surface area contributed by atoms with Crippen molar-refractivity contribution < 1.29 is 0 Å². The Morgan fingerprint density at radius 1 is 1.15 bits per heavy atom. The van der Waals surface area contributed by atoms with Crippen LogP contribution < -0.4 is 0 Å². The van der Waals surface area contributed by atoms with Crippen LogP contribution in [0.15, 0.2) is 24.3 Å². The topological polar surface area (TPSA) is 28.7 Å². The van der Waals surface area contributed by atoms with E-state index in [1.807, 2.05) is 6.92 Å². The van der Waals surface area contributed by atoms with E-state index in [1.165, 1.54) is 11.1 Å². The number of hydrogen-bond acceptors (Lipinski definition) is 2. The first-order valence-corrected chi connectivity index (χ1v) is 7.44. The molecule has 0 saturated carbocycles. The summed E-state index contributed by atoms with van der Waals surface area (Å²) in [4.78, 5) is 7.99. The molecule has 3 heteroatoms. The molecule has 0 spiro atoms. The fourth-order valence-electron chi connectivity index (χ4n) is 2.08. The summed E-state index contributed by atoms with van der Waals surface area (Å²) in [6, 6.07) is 8.64. The van der Waals surface area contributed by atoms with E-state index in [9.17, 15) is 0 Å². The largest absolute Gasteiger partial charge is 0.342 e. The zero-order valence-electron chi connectivity index (χ0n) is 12.9. The molecule has 0 bridgehead atoms. The minimum atomic E-state index is -0.0423. The number of hydrogen-bond donors (Lipinski definition) is 1. The highest BCUT2D eigenvalue weighted by Gasteiger charge is 2.18. The van der Waals surface area contributed by atoms with Gasteiger partial charge in [-0.1, -0.05) is 64.2 Å². The van der Waals surface area contributed by atoms with Gasteiger partial charge in [0.25, 0.3) is 0 Å². The highest BCUT2D eigenvalue weighted by atomic mass is 32.1. The van der Waals surface area contributed by atoms with Gasteiger partial charge in [-0.15, -0.1) is 0 Å². The summed E-state index contributed by atoms with van der Waals surface area (Å²) in [6.07, 6.45) is 1.05. The zero-order chi connectivity index (χ0) is 14.9. The summed E-state index contributed by atoms with van der Waals surface area (Å²) in [5.41, 5.74) is 4.59. The van der Waals surface area contributed by atoms with Crippen molar-refractivity contribution in [2.45, 2.75) is 46.5 Å². The van der Waals surface area contributed by atoms with Gasteiger partial charge in [-0.05, 0) is 24.5 Å². The molecule has 1 N–H and O–H groups in total. The molecule has 0 fully saturated rings. The third-order valence-corrected chi connectivity index (χ3v) is 3.91. The molecule has 20 heavy (non-hydrogen) atoms. The van der Waals surface area contributed by atoms with Crippen LogP contribution in [0.3, 0.4) is 0 Å². The summed E-state index contributed by atoms with van der Waals surface area (Å²) >= 11 is 5.41. The zero-order valence-corrected chi connectivity index (χ0v) is 13.7. The fourth-order valence-corrected chi connectivity index (χ4v) is 2.28. The highest BCUT2D eigenvalue weighted by Crippen LogP contribution is 2.26. The molecule has 2 aromatic rings. The van der Waals surface area contributed by atoms with Crippen molar-refractivity contribution >= 4 is 12.2 Å². The third kappa shape index (κ3) is 2.98. The standard InChI is InChI=1S/C17H22N2S/c1-6-12-7-9-13(10-8-12)14-11(2)15(20)19-16(18-14)17(3,4)5/h7-10H,6H2,1-5H3,(H,18,19,20). The number of aromatic amines is 1. The Kier molecular flexibility index (Phi) is 4.09. The van der Waals surface area contributed by atoms with Crippen LogP contribution in [0.1, 0.15) is 44.6 Å². The summed E-state index contributed by atoms with van der Waals surface area (Å²) in [6.45, 7) is 10.6. The number of nitrogens with zero attached hydrogens (tertiary/aromatic N) is 1. The van der Waals surface area contributed by atoms with E-state index in [0.29, 0.717) is 4.64 Å². The van der Waals surface area contributed by atoms with Crippen molar-refractivity contribution in [3.63, 3.8) is 0 Å². The number of rotatable bonds is 2. The Hall–Kier alpha value is -1.48. The van der Waals surface area contributed by atoms with Gasteiger partial charge < -0.3 is 4.98 Å². The lowest BCUT2D eigenvalue weighted by Crippen LogP contribution is -2.17. The molecule has 0 unspecified atom stereocenters. The molecule has 2 rings (SSSR count). The normalized spacial score (nSPS) is 11.7. The van der Waals surface area contributed by atoms with Crippen LogP contribution in [0.4, 0.5) is 0 Å². The van der Waals surface area contributed by atoms with Gasteiger partial charge >= 0.3 is 0 Å². The Morgan fingerprint density at radius 3 is 2.25 bits per heavy atom. The van der Waals surface area contributed by atoms with Gasteiger partial charge in [-0.3, -0.25) is 0 Å². The minimum Gasteiger partial charge on any atom is -0.342 e. The number of benzene rings is 1. The maximum atomic E-state index is 5.41. The first-order chi connectivity index (χ1) is 9.32. The number of aryl methyl sites for hydroxylation is 1. The molecule has 106 valence electrons. The second-order valence-electron chi connectivity index (χ2n) is 6.19. The lowest BCUT2D eigenvalue weighted by atomic mass is 9.95. The molecule has 0 radical (unpaired) electrons. The van der Waals surface area contributed by atoms with Gasteiger partial charge in [0.05, 0.1) is 5.69 Å². The average Bonchev–Trinajstić information content (AvgIpc) is 2.40. The van der Waals surface area contributed by atoms with E-state index >= 15 is 0 Å². The van der Waals surface area contributed by atoms with Crippen molar-refractivity contribution in [3.8, 4) is 11.3 Å². The number of nitrogens with one attached hydrogen (secondary N) is 1. The maximum absolute atomic E-state index is 5.41. The molecule has 1 aromatic carbocycles. The monoisotopic (exact) mass is 286 g/mol. The van der Waals surface area contributed by atoms with Crippen LogP contribution in [-0.2, 0) is 11.8 Å². The van der Waals surface area contributed by atoms with Crippen LogP contribution in [0.2, 0.25) is 0 Å². The molecule has 2 nitrogen and oxygen atoms in total.